The first kappa shape index (κ1) is 9.90. The number of carbonyl (C=O) groups is 1. The summed E-state index contributed by atoms with van der Waals surface area (Å²) in [6.45, 7) is 2.63. The Kier molecular flexibility index (Phi) is 2.81. The second-order valence-corrected chi connectivity index (χ2v) is 3.63. The quantitative estimate of drug-likeness (QED) is 0.734. The number of hydrogen-bond donors (Lipinski definition) is 0. The van der Waals surface area contributed by atoms with Crippen molar-refractivity contribution in [2.24, 2.45) is 0 Å². The molecule has 1 aliphatic rings. The molecule has 1 aliphatic heterocycles. The van der Waals surface area contributed by atoms with Crippen LogP contribution < -0.4 is 0 Å². The van der Waals surface area contributed by atoms with Gasteiger partial charge in [0.1, 0.15) is 0 Å². The summed E-state index contributed by atoms with van der Waals surface area (Å²) >= 11 is 0. The van der Waals surface area contributed by atoms with Gasteiger partial charge in [-0.15, -0.1) is 0 Å². The molecule has 0 spiro atoms. The summed E-state index contributed by atoms with van der Waals surface area (Å²) in [5.74, 6) is 0.479. The van der Waals surface area contributed by atoms with Crippen LogP contribution in [0.5, 0.6) is 0 Å². The maximum Gasteiger partial charge on any atom is 0.226 e. The van der Waals surface area contributed by atoms with E-state index in [4.69, 9.17) is 0 Å². The molecule has 1 aromatic rings. The normalized spacial score (nSPS) is 19.5. The van der Waals surface area contributed by atoms with Gasteiger partial charge in [0.15, 0.2) is 0 Å². The molecule has 0 aliphatic carbocycles. The zero-order valence-electron chi connectivity index (χ0n) is 8.76. The minimum absolute atomic E-state index is 0.178. The van der Waals surface area contributed by atoms with E-state index in [0.717, 1.165) is 6.54 Å². The minimum Gasteiger partial charge on any atom is -0.318 e. The van der Waals surface area contributed by atoms with E-state index in [0.29, 0.717) is 12.3 Å². The van der Waals surface area contributed by atoms with Gasteiger partial charge in [0.2, 0.25) is 5.91 Å². The van der Waals surface area contributed by atoms with Crippen LogP contribution in [-0.2, 0) is 4.79 Å². The van der Waals surface area contributed by atoms with Gasteiger partial charge in [-0.25, -0.2) is 0 Å². The summed E-state index contributed by atoms with van der Waals surface area (Å²) in [7, 11) is 0. The van der Waals surface area contributed by atoms with Gasteiger partial charge in [-0.2, -0.15) is 0 Å². The molecule has 3 nitrogen and oxygen atoms in total. The highest BCUT2D eigenvalue weighted by molar-refractivity contribution is 5.77. The molecule has 2 rings (SSSR count). The Labute approximate surface area is 89.4 Å². The van der Waals surface area contributed by atoms with E-state index in [1.807, 2.05) is 31.5 Å². The first-order valence-corrected chi connectivity index (χ1v) is 5.19. The van der Waals surface area contributed by atoms with Crippen molar-refractivity contribution in [1.29, 1.82) is 0 Å². The number of pyridine rings is 1. The van der Waals surface area contributed by atoms with Crippen molar-refractivity contribution in [3.8, 4) is 0 Å². The average Bonchev–Trinajstić information content (AvgIpc) is 2.78. The van der Waals surface area contributed by atoms with E-state index in [2.05, 4.69) is 11.1 Å². The summed E-state index contributed by atoms with van der Waals surface area (Å²) in [5, 5.41) is 0. The van der Waals surface area contributed by atoms with Crippen molar-refractivity contribution in [3.63, 3.8) is 0 Å². The lowest BCUT2D eigenvalue weighted by molar-refractivity contribution is -0.128. The summed E-state index contributed by atoms with van der Waals surface area (Å²) in [5.41, 5.74) is 1.17. The summed E-state index contributed by atoms with van der Waals surface area (Å²) in [6.07, 6.45) is 8.12. The van der Waals surface area contributed by atoms with E-state index < -0.39 is 0 Å². The van der Waals surface area contributed by atoms with Gasteiger partial charge >= 0.3 is 0 Å². The van der Waals surface area contributed by atoms with Crippen molar-refractivity contribution < 1.29 is 4.79 Å². The number of aromatic nitrogens is 1. The summed E-state index contributed by atoms with van der Waals surface area (Å²) < 4.78 is 0. The third-order valence-corrected chi connectivity index (χ3v) is 2.63. The van der Waals surface area contributed by atoms with Crippen molar-refractivity contribution in [1.82, 2.24) is 9.88 Å². The molecule has 15 heavy (non-hydrogen) atoms. The zero-order valence-corrected chi connectivity index (χ0v) is 8.76. The van der Waals surface area contributed by atoms with Crippen LogP contribution in [0.25, 0.3) is 0 Å². The van der Waals surface area contributed by atoms with Crippen LogP contribution in [0.4, 0.5) is 0 Å². The second-order valence-electron chi connectivity index (χ2n) is 3.63. The van der Waals surface area contributed by atoms with Gasteiger partial charge in [-0.3, -0.25) is 9.78 Å². The molecule has 0 bridgehead atoms. The smallest absolute Gasteiger partial charge is 0.226 e. The lowest BCUT2D eigenvalue weighted by Gasteiger charge is -2.15. The monoisotopic (exact) mass is 202 g/mol. The highest BCUT2D eigenvalue weighted by Crippen LogP contribution is 2.23. The van der Waals surface area contributed by atoms with Crippen molar-refractivity contribution in [2.45, 2.75) is 19.3 Å². The molecule has 2 heterocycles. The Morgan fingerprint density at radius 1 is 1.67 bits per heavy atom. The predicted octanol–water partition coefficient (Wildman–Crippen LogP) is 1.93. The largest absolute Gasteiger partial charge is 0.318 e. The van der Waals surface area contributed by atoms with Crippen LogP contribution in [-0.4, -0.2) is 22.3 Å². The summed E-state index contributed by atoms with van der Waals surface area (Å²) in [4.78, 5) is 17.3. The van der Waals surface area contributed by atoms with E-state index in [1.165, 1.54) is 5.56 Å². The van der Waals surface area contributed by atoms with E-state index in [9.17, 15) is 4.79 Å². The molecule has 0 saturated carbocycles. The molecule has 1 atom stereocenters. The average molecular weight is 202 g/mol. The van der Waals surface area contributed by atoms with Crippen molar-refractivity contribution >= 4 is 5.91 Å². The number of amides is 1. The SMILES string of the molecule is CCC(=O)N1C=CC(c2cccnc2)C1. The molecule has 3 heteroatoms. The molecule has 78 valence electrons. The van der Waals surface area contributed by atoms with Gasteiger partial charge in [0.05, 0.1) is 0 Å². The third kappa shape index (κ3) is 2.06. The van der Waals surface area contributed by atoms with E-state index >= 15 is 0 Å². The van der Waals surface area contributed by atoms with Crippen LogP contribution in [0.2, 0.25) is 0 Å². The zero-order chi connectivity index (χ0) is 10.7. The Morgan fingerprint density at radius 2 is 2.53 bits per heavy atom. The fourth-order valence-electron chi connectivity index (χ4n) is 1.74. The Morgan fingerprint density at radius 3 is 3.20 bits per heavy atom. The first-order chi connectivity index (χ1) is 7.31. The topological polar surface area (TPSA) is 33.2 Å². The van der Waals surface area contributed by atoms with Crippen LogP contribution in [0.1, 0.15) is 24.8 Å². The van der Waals surface area contributed by atoms with E-state index in [-0.39, 0.29) is 5.91 Å². The van der Waals surface area contributed by atoms with Gasteiger partial charge in [0.25, 0.3) is 0 Å². The first-order valence-electron chi connectivity index (χ1n) is 5.19. The lowest BCUT2D eigenvalue weighted by atomic mass is 10.0. The van der Waals surface area contributed by atoms with Crippen LogP contribution in [0, 0.1) is 0 Å². The lowest BCUT2D eigenvalue weighted by Crippen LogP contribution is -2.24. The fraction of sp³-hybridized carbons (Fsp3) is 0.333. The Hall–Kier alpha value is -1.64. The molecule has 0 aromatic carbocycles. The van der Waals surface area contributed by atoms with E-state index in [1.54, 1.807) is 11.1 Å². The molecule has 0 N–H and O–H groups in total. The highest BCUT2D eigenvalue weighted by atomic mass is 16.2. The van der Waals surface area contributed by atoms with Crippen LogP contribution in [0.3, 0.4) is 0 Å². The van der Waals surface area contributed by atoms with Crippen LogP contribution >= 0.6 is 0 Å². The van der Waals surface area contributed by atoms with Gasteiger partial charge < -0.3 is 4.90 Å². The minimum atomic E-state index is 0.178. The number of nitrogens with zero attached hydrogens (tertiary/aromatic N) is 2. The van der Waals surface area contributed by atoms with Gasteiger partial charge in [0, 0.05) is 37.5 Å². The summed E-state index contributed by atoms with van der Waals surface area (Å²) in [6, 6.07) is 3.97. The molecule has 1 unspecified atom stereocenters. The molecule has 1 amide bonds. The molecule has 0 saturated heterocycles. The Balaban J connectivity index is 2.06. The number of rotatable bonds is 2. The maximum absolute atomic E-state index is 11.4. The van der Waals surface area contributed by atoms with Crippen molar-refractivity contribution in [3.05, 3.63) is 42.4 Å². The van der Waals surface area contributed by atoms with Crippen LogP contribution in [0.15, 0.2) is 36.8 Å². The highest BCUT2D eigenvalue weighted by Gasteiger charge is 2.21. The third-order valence-electron chi connectivity index (χ3n) is 2.63. The Bertz CT molecular complexity index is 372. The molecule has 1 aromatic heterocycles. The van der Waals surface area contributed by atoms with Gasteiger partial charge in [-0.1, -0.05) is 19.1 Å². The fourth-order valence-corrected chi connectivity index (χ4v) is 1.74. The standard InChI is InChI=1S/C12H14N2O/c1-2-12(15)14-7-5-11(9-14)10-4-3-6-13-8-10/h3-8,11H,2,9H2,1H3. The number of hydrogen-bond acceptors (Lipinski definition) is 2. The van der Waals surface area contributed by atoms with Gasteiger partial charge in [-0.05, 0) is 11.6 Å². The predicted molar refractivity (Wildman–Crippen MR) is 58.1 cm³/mol. The number of carbonyl (C=O) groups excluding carboxylic acids is 1. The maximum atomic E-state index is 11.4. The molecule has 0 radical (unpaired) electrons. The molecule has 0 fully saturated rings. The molecular formula is C12H14N2O. The second kappa shape index (κ2) is 4.26. The molecular weight excluding hydrogens is 188 g/mol. The van der Waals surface area contributed by atoms with Crippen molar-refractivity contribution in [2.75, 3.05) is 6.54 Å².